The number of carbonyl (C=O) groups is 1. The van der Waals surface area contributed by atoms with Gasteiger partial charge >= 0.3 is 0 Å². The highest BCUT2D eigenvalue weighted by Gasteiger charge is 2.27. The molecule has 0 unspecified atom stereocenters. The molecular formula is C16H23NO2. The van der Waals surface area contributed by atoms with Crippen LogP contribution >= 0.6 is 0 Å². The van der Waals surface area contributed by atoms with Crippen LogP contribution in [0.15, 0.2) is 24.3 Å². The molecule has 1 saturated carbocycles. The summed E-state index contributed by atoms with van der Waals surface area (Å²) in [4.78, 5) is 14.2. The van der Waals surface area contributed by atoms with Crippen molar-refractivity contribution in [3.05, 3.63) is 29.8 Å². The Morgan fingerprint density at radius 1 is 1.32 bits per heavy atom. The number of rotatable bonds is 4. The zero-order chi connectivity index (χ0) is 13.8. The van der Waals surface area contributed by atoms with E-state index in [4.69, 9.17) is 4.74 Å². The first-order chi connectivity index (χ1) is 9.09. The summed E-state index contributed by atoms with van der Waals surface area (Å²) >= 11 is 0. The van der Waals surface area contributed by atoms with Gasteiger partial charge in [0.15, 0.2) is 6.10 Å². The van der Waals surface area contributed by atoms with Crippen LogP contribution in [0.2, 0.25) is 0 Å². The summed E-state index contributed by atoms with van der Waals surface area (Å²) in [5.74, 6) is 0.873. The van der Waals surface area contributed by atoms with E-state index in [1.807, 2.05) is 50.1 Å². The summed E-state index contributed by atoms with van der Waals surface area (Å²) < 4.78 is 5.80. The molecule has 1 amide bonds. The summed E-state index contributed by atoms with van der Waals surface area (Å²) in [6, 6.07) is 8.21. The maximum absolute atomic E-state index is 12.3. The SMILES string of the molecule is Cc1ccccc1O[C@H](C)C(=O)N(C)C1CCCC1. The van der Waals surface area contributed by atoms with Crippen LogP contribution in [0.3, 0.4) is 0 Å². The summed E-state index contributed by atoms with van der Waals surface area (Å²) in [6.45, 7) is 3.83. The van der Waals surface area contributed by atoms with Gasteiger partial charge in [0.25, 0.3) is 5.91 Å². The molecule has 0 bridgehead atoms. The molecule has 1 atom stereocenters. The van der Waals surface area contributed by atoms with Crippen molar-refractivity contribution in [2.75, 3.05) is 7.05 Å². The summed E-state index contributed by atoms with van der Waals surface area (Å²) in [5.41, 5.74) is 1.06. The zero-order valence-corrected chi connectivity index (χ0v) is 12.1. The maximum atomic E-state index is 12.3. The van der Waals surface area contributed by atoms with Crippen LogP contribution in [0.4, 0.5) is 0 Å². The van der Waals surface area contributed by atoms with Gasteiger partial charge in [-0.05, 0) is 38.3 Å². The number of amides is 1. The zero-order valence-electron chi connectivity index (χ0n) is 12.1. The smallest absolute Gasteiger partial charge is 0.263 e. The average Bonchev–Trinajstić information content (AvgIpc) is 2.93. The van der Waals surface area contributed by atoms with Crippen LogP contribution < -0.4 is 4.74 Å². The predicted octanol–water partition coefficient (Wildman–Crippen LogP) is 3.16. The van der Waals surface area contributed by atoms with Gasteiger partial charge in [-0.25, -0.2) is 0 Å². The molecule has 1 fully saturated rings. The molecule has 1 aliphatic carbocycles. The van der Waals surface area contributed by atoms with Crippen LogP contribution in [-0.4, -0.2) is 30.0 Å². The second-order valence-corrected chi connectivity index (χ2v) is 5.41. The molecule has 0 N–H and O–H groups in total. The summed E-state index contributed by atoms with van der Waals surface area (Å²) in [6.07, 6.45) is 4.29. The molecule has 1 aromatic carbocycles. The van der Waals surface area contributed by atoms with Gasteiger partial charge in [0, 0.05) is 13.1 Å². The molecule has 0 heterocycles. The molecule has 3 nitrogen and oxygen atoms in total. The van der Waals surface area contributed by atoms with E-state index < -0.39 is 6.10 Å². The fourth-order valence-electron chi connectivity index (χ4n) is 2.69. The highest BCUT2D eigenvalue weighted by Crippen LogP contribution is 2.24. The molecular weight excluding hydrogens is 238 g/mol. The van der Waals surface area contributed by atoms with E-state index in [1.165, 1.54) is 12.8 Å². The molecule has 0 radical (unpaired) electrons. The number of ether oxygens (including phenoxy) is 1. The van der Waals surface area contributed by atoms with Crippen LogP contribution in [0.25, 0.3) is 0 Å². The third kappa shape index (κ3) is 3.28. The number of hydrogen-bond acceptors (Lipinski definition) is 2. The van der Waals surface area contributed by atoms with Crippen molar-refractivity contribution < 1.29 is 9.53 Å². The van der Waals surface area contributed by atoms with Crippen molar-refractivity contribution in [2.45, 2.75) is 51.7 Å². The third-order valence-corrected chi connectivity index (χ3v) is 3.97. The van der Waals surface area contributed by atoms with Crippen LogP contribution in [0.5, 0.6) is 5.75 Å². The minimum Gasteiger partial charge on any atom is -0.481 e. The normalized spacial score (nSPS) is 17.2. The monoisotopic (exact) mass is 261 g/mol. The van der Waals surface area contributed by atoms with Gasteiger partial charge in [0.1, 0.15) is 5.75 Å². The van der Waals surface area contributed by atoms with Crippen molar-refractivity contribution in [1.82, 2.24) is 4.90 Å². The van der Waals surface area contributed by atoms with Crippen LogP contribution in [0.1, 0.15) is 38.2 Å². The molecule has 0 aromatic heterocycles. The molecule has 0 aliphatic heterocycles. The van der Waals surface area contributed by atoms with E-state index in [0.29, 0.717) is 6.04 Å². The van der Waals surface area contributed by atoms with Gasteiger partial charge in [-0.15, -0.1) is 0 Å². The van der Waals surface area contributed by atoms with E-state index >= 15 is 0 Å². The summed E-state index contributed by atoms with van der Waals surface area (Å²) in [7, 11) is 1.90. The lowest BCUT2D eigenvalue weighted by Crippen LogP contribution is -2.42. The number of likely N-dealkylation sites (N-methyl/N-ethyl adjacent to an activating group) is 1. The van der Waals surface area contributed by atoms with Crippen molar-refractivity contribution in [1.29, 1.82) is 0 Å². The Hall–Kier alpha value is -1.51. The topological polar surface area (TPSA) is 29.5 Å². The quantitative estimate of drug-likeness (QED) is 0.833. The average molecular weight is 261 g/mol. The highest BCUT2D eigenvalue weighted by atomic mass is 16.5. The fraction of sp³-hybridized carbons (Fsp3) is 0.562. The molecule has 3 heteroatoms. The molecule has 2 rings (SSSR count). The maximum Gasteiger partial charge on any atom is 0.263 e. The predicted molar refractivity (Wildman–Crippen MR) is 76.3 cm³/mol. The van der Waals surface area contributed by atoms with Crippen LogP contribution in [0, 0.1) is 6.92 Å². The number of aryl methyl sites for hydroxylation is 1. The Morgan fingerprint density at radius 3 is 2.58 bits per heavy atom. The minimum atomic E-state index is -0.424. The Bertz CT molecular complexity index is 438. The number of carbonyl (C=O) groups excluding carboxylic acids is 1. The first kappa shape index (κ1) is 13.9. The van der Waals surface area contributed by atoms with Gasteiger partial charge in [-0.1, -0.05) is 31.0 Å². The Morgan fingerprint density at radius 2 is 1.95 bits per heavy atom. The van der Waals surface area contributed by atoms with Gasteiger partial charge in [-0.3, -0.25) is 4.79 Å². The largest absolute Gasteiger partial charge is 0.481 e. The standard InChI is InChI=1S/C16H23NO2/c1-12-8-4-7-11-15(12)19-13(2)16(18)17(3)14-9-5-6-10-14/h4,7-8,11,13-14H,5-6,9-10H2,1-3H3/t13-/m1/s1. The lowest BCUT2D eigenvalue weighted by Gasteiger charge is -2.27. The van der Waals surface area contributed by atoms with E-state index in [-0.39, 0.29) is 5.91 Å². The summed E-state index contributed by atoms with van der Waals surface area (Å²) in [5, 5.41) is 0. The Balaban J connectivity index is 1.97. The second-order valence-electron chi connectivity index (χ2n) is 5.41. The van der Waals surface area contributed by atoms with Crippen molar-refractivity contribution in [3.63, 3.8) is 0 Å². The van der Waals surface area contributed by atoms with E-state index in [9.17, 15) is 4.79 Å². The van der Waals surface area contributed by atoms with Gasteiger partial charge in [-0.2, -0.15) is 0 Å². The number of nitrogens with zero attached hydrogens (tertiary/aromatic N) is 1. The Labute approximate surface area is 115 Å². The minimum absolute atomic E-state index is 0.0788. The highest BCUT2D eigenvalue weighted by molar-refractivity contribution is 5.81. The number of hydrogen-bond donors (Lipinski definition) is 0. The lowest BCUT2D eigenvalue weighted by molar-refractivity contribution is -0.138. The first-order valence-corrected chi connectivity index (χ1v) is 7.08. The van der Waals surface area contributed by atoms with Crippen molar-refractivity contribution in [3.8, 4) is 5.75 Å². The van der Waals surface area contributed by atoms with Crippen molar-refractivity contribution >= 4 is 5.91 Å². The van der Waals surface area contributed by atoms with E-state index in [0.717, 1.165) is 24.2 Å². The Kier molecular flexibility index (Phi) is 4.46. The molecule has 1 aliphatic rings. The van der Waals surface area contributed by atoms with E-state index in [2.05, 4.69) is 0 Å². The molecule has 0 spiro atoms. The van der Waals surface area contributed by atoms with Gasteiger partial charge < -0.3 is 9.64 Å². The molecule has 1 aromatic rings. The molecule has 104 valence electrons. The molecule has 19 heavy (non-hydrogen) atoms. The third-order valence-electron chi connectivity index (χ3n) is 3.97. The number of para-hydroxylation sites is 1. The number of benzene rings is 1. The van der Waals surface area contributed by atoms with E-state index in [1.54, 1.807) is 0 Å². The lowest BCUT2D eigenvalue weighted by atomic mass is 10.2. The molecule has 0 saturated heterocycles. The second kappa shape index (κ2) is 6.09. The first-order valence-electron chi connectivity index (χ1n) is 7.08. The fourth-order valence-corrected chi connectivity index (χ4v) is 2.69. The van der Waals surface area contributed by atoms with Crippen LogP contribution in [-0.2, 0) is 4.79 Å². The van der Waals surface area contributed by atoms with Crippen molar-refractivity contribution in [2.24, 2.45) is 0 Å². The van der Waals surface area contributed by atoms with Gasteiger partial charge in [0.05, 0.1) is 0 Å². The van der Waals surface area contributed by atoms with Gasteiger partial charge in [0.2, 0.25) is 0 Å².